The first-order valence-electron chi connectivity index (χ1n) is 13.5. The van der Waals surface area contributed by atoms with Gasteiger partial charge in [0.25, 0.3) is 0 Å². The van der Waals surface area contributed by atoms with Gasteiger partial charge in [0.15, 0.2) is 0 Å². The zero-order valence-corrected chi connectivity index (χ0v) is 23.4. The number of anilines is 1. The van der Waals surface area contributed by atoms with Gasteiger partial charge in [0.1, 0.15) is 11.6 Å². The van der Waals surface area contributed by atoms with Crippen LogP contribution in [0.2, 0.25) is 5.02 Å². The predicted octanol–water partition coefficient (Wildman–Crippen LogP) is 3.62. The lowest BCUT2D eigenvalue weighted by Gasteiger charge is -2.38. The lowest BCUT2D eigenvalue weighted by Crippen LogP contribution is -2.57. The Hall–Kier alpha value is -2.94. The third-order valence-corrected chi connectivity index (χ3v) is 9.27. The molecule has 9 heteroatoms. The molecule has 3 aliphatic heterocycles. The van der Waals surface area contributed by atoms with Gasteiger partial charge < -0.3 is 25.4 Å². The molecule has 3 amide bonds. The number of carbonyl (C=O) groups is 3. The fourth-order valence-electron chi connectivity index (χ4n) is 6.99. The molecule has 3 N–H and O–H groups in total. The zero-order chi connectivity index (χ0) is 28.1. The summed E-state index contributed by atoms with van der Waals surface area (Å²) >= 11 is 6.03. The minimum absolute atomic E-state index is 0.0774. The van der Waals surface area contributed by atoms with Crippen molar-refractivity contribution in [3.63, 3.8) is 0 Å². The highest BCUT2D eigenvalue weighted by Gasteiger charge is 2.80. The number of rotatable bonds is 8. The predicted molar refractivity (Wildman–Crippen MR) is 148 cm³/mol. The smallest absolute Gasteiger partial charge is 0.250 e. The summed E-state index contributed by atoms with van der Waals surface area (Å²) in [7, 11) is 0. The van der Waals surface area contributed by atoms with E-state index < -0.39 is 41.0 Å². The highest BCUT2D eigenvalue weighted by Crippen LogP contribution is 2.65. The molecule has 3 saturated heterocycles. The highest BCUT2D eigenvalue weighted by atomic mass is 35.5. The molecule has 0 aliphatic carbocycles. The molecule has 2 bridgehead atoms. The second-order valence-corrected chi connectivity index (χ2v) is 12.1. The Morgan fingerprint density at radius 1 is 1.13 bits per heavy atom. The maximum Gasteiger partial charge on any atom is 0.250 e. The summed E-state index contributed by atoms with van der Waals surface area (Å²) in [6, 6.07) is 14.7. The molecular weight excluding hydrogens is 518 g/mol. The van der Waals surface area contributed by atoms with Crippen LogP contribution in [0.25, 0.3) is 0 Å². The number of nitrogens with one attached hydrogen (secondary N) is 2. The van der Waals surface area contributed by atoms with E-state index in [0.29, 0.717) is 23.7 Å². The molecule has 5 rings (SSSR count). The first kappa shape index (κ1) is 27.6. The van der Waals surface area contributed by atoms with Gasteiger partial charge in [0, 0.05) is 17.3 Å². The lowest BCUT2D eigenvalue weighted by atomic mass is 9.62. The Balaban J connectivity index is 1.53. The number of fused-ring (bicyclic) bond motifs is 1. The third-order valence-electron chi connectivity index (χ3n) is 9.02. The van der Waals surface area contributed by atoms with E-state index in [1.165, 1.54) is 4.90 Å². The second kappa shape index (κ2) is 10.2. The molecule has 3 aliphatic rings. The number of halogens is 1. The fourth-order valence-corrected chi connectivity index (χ4v) is 7.12. The van der Waals surface area contributed by atoms with Crippen molar-refractivity contribution in [2.75, 3.05) is 11.9 Å². The van der Waals surface area contributed by atoms with Gasteiger partial charge in [-0.05, 0) is 55.0 Å². The zero-order valence-electron chi connectivity index (χ0n) is 22.7. The number of nitrogens with zero attached hydrogens (tertiary/aromatic N) is 1. The first-order valence-corrected chi connectivity index (χ1v) is 13.9. The van der Waals surface area contributed by atoms with Crippen LogP contribution in [-0.2, 0) is 25.7 Å². The van der Waals surface area contributed by atoms with Gasteiger partial charge in [0.2, 0.25) is 17.7 Å². The van der Waals surface area contributed by atoms with Crippen molar-refractivity contribution in [3.05, 3.63) is 65.2 Å². The highest BCUT2D eigenvalue weighted by molar-refractivity contribution is 6.30. The number of ether oxygens (including phenoxy) is 1. The number of carbonyl (C=O) groups excluding carboxylic acids is 3. The molecule has 39 heavy (non-hydrogen) atoms. The maximum atomic E-state index is 14.3. The molecule has 2 aromatic carbocycles. The van der Waals surface area contributed by atoms with E-state index in [4.69, 9.17) is 16.3 Å². The van der Waals surface area contributed by atoms with Gasteiger partial charge >= 0.3 is 0 Å². The van der Waals surface area contributed by atoms with Crippen LogP contribution in [0.4, 0.5) is 5.69 Å². The summed E-state index contributed by atoms with van der Waals surface area (Å²) in [6.45, 7) is 7.71. The third kappa shape index (κ3) is 4.42. The van der Waals surface area contributed by atoms with Crippen molar-refractivity contribution >= 4 is 35.0 Å². The first-order chi connectivity index (χ1) is 18.5. The Bertz CT molecular complexity index is 1260. The second-order valence-electron chi connectivity index (χ2n) is 11.6. The Labute approximate surface area is 234 Å². The molecule has 0 radical (unpaired) electrons. The van der Waals surface area contributed by atoms with Gasteiger partial charge in [-0.25, -0.2) is 0 Å². The van der Waals surface area contributed by atoms with Crippen molar-refractivity contribution < 1.29 is 24.2 Å². The van der Waals surface area contributed by atoms with Gasteiger partial charge in [0.05, 0.1) is 30.1 Å². The van der Waals surface area contributed by atoms with Crippen LogP contribution in [0.1, 0.15) is 39.7 Å². The Morgan fingerprint density at radius 3 is 2.41 bits per heavy atom. The van der Waals surface area contributed by atoms with Crippen LogP contribution in [-0.4, -0.2) is 57.6 Å². The summed E-state index contributed by atoms with van der Waals surface area (Å²) in [4.78, 5) is 43.6. The SMILES string of the molecule is CC(C)[C@H](CO)N1C(=O)[C@@H]2[C@@H](C(=O)NCc3ccccc3)[C@]3(C)OC2(CC3C)C1C(=O)Nc1ccc(Cl)cc1. The van der Waals surface area contributed by atoms with Gasteiger partial charge in [-0.3, -0.25) is 14.4 Å². The topological polar surface area (TPSA) is 108 Å². The van der Waals surface area contributed by atoms with Crippen molar-refractivity contribution in [2.24, 2.45) is 23.7 Å². The van der Waals surface area contributed by atoms with Gasteiger partial charge in [-0.1, -0.05) is 62.7 Å². The lowest BCUT2D eigenvalue weighted by molar-refractivity contribution is -0.150. The summed E-state index contributed by atoms with van der Waals surface area (Å²) in [5, 5.41) is 16.8. The maximum absolute atomic E-state index is 14.3. The molecule has 3 heterocycles. The molecule has 7 atom stereocenters. The van der Waals surface area contributed by atoms with Crippen LogP contribution in [0.3, 0.4) is 0 Å². The van der Waals surface area contributed by atoms with E-state index in [1.807, 2.05) is 58.0 Å². The monoisotopic (exact) mass is 553 g/mol. The largest absolute Gasteiger partial charge is 0.394 e. The van der Waals surface area contributed by atoms with Crippen molar-refractivity contribution in [2.45, 2.75) is 63.9 Å². The molecule has 0 saturated carbocycles. The number of benzene rings is 2. The molecule has 8 nitrogen and oxygen atoms in total. The standard InChI is InChI=1S/C30H36ClN3O5/c1-17(2)22(16-35)34-25(27(37)33-21-12-10-20(31)11-13-21)30-14-18(3)29(4,39-30)23(24(30)28(34)38)26(36)32-15-19-8-6-5-7-9-19/h5-13,17-18,22-25,35H,14-16H2,1-4H3,(H,32,36)(H,33,37)/t18?,22-,23-,24-,25?,29+,30?/m0/s1. The molecule has 208 valence electrons. The van der Waals surface area contributed by atoms with E-state index in [2.05, 4.69) is 10.6 Å². The number of amides is 3. The number of aliphatic hydroxyl groups is 1. The van der Waals surface area contributed by atoms with Crippen molar-refractivity contribution in [3.8, 4) is 0 Å². The van der Waals surface area contributed by atoms with E-state index in [0.717, 1.165) is 5.56 Å². The summed E-state index contributed by atoms with van der Waals surface area (Å²) < 4.78 is 6.75. The summed E-state index contributed by atoms with van der Waals surface area (Å²) in [5.74, 6) is -2.83. The Kier molecular flexibility index (Phi) is 7.24. The van der Waals surface area contributed by atoms with Crippen LogP contribution < -0.4 is 10.6 Å². The number of hydrogen-bond donors (Lipinski definition) is 3. The minimum Gasteiger partial charge on any atom is -0.394 e. The van der Waals surface area contributed by atoms with E-state index in [9.17, 15) is 19.5 Å². The average Bonchev–Trinajstić information content (AvgIpc) is 3.42. The number of hydrogen-bond acceptors (Lipinski definition) is 5. The molecule has 3 unspecified atom stereocenters. The normalized spacial score (nSPS) is 31.9. The quantitative estimate of drug-likeness (QED) is 0.463. The van der Waals surface area contributed by atoms with Crippen LogP contribution in [0.5, 0.6) is 0 Å². The molecular formula is C30H36ClN3O5. The van der Waals surface area contributed by atoms with Crippen LogP contribution >= 0.6 is 11.6 Å². The van der Waals surface area contributed by atoms with Gasteiger partial charge in [-0.2, -0.15) is 0 Å². The van der Waals surface area contributed by atoms with Gasteiger partial charge in [-0.15, -0.1) is 0 Å². The van der Waals surface area contributed by atoms with Crippen molar-refractivity contribution in [1.82, 2.24) is 10.2 Å². The summed E-state index contributed by atoms with van der Waals surface area (Å²) in [6.07, 6.45) is 0.452. The average molecular weight is 554 g/mol. The number of likely N-dealkylation sites (tertiary alicyclic amines) is 1. The molecule has 2 aromatic rings. The van der Waals surface area contributed by atoms with E-state index in [1.54, 1.807) is 24.3 Å². The van der Waals surface area contributed by atoms with Crippen molar-refractivity contribution in [1.29, 1.82) is 0 Å². The molecule has 1 spiro atoms. The van der Waals surface area contributed by atoms with Crippen LogP contribution in [0.15, 0.2) is 54.6 Å². The summed E-state index contributed by atoms with van der Waals surface area (Å²) in [5.41, 5.74) is -0.634. The minimum atomic E-state index is -1.20. The Morgan fingerprint density at radius 2 is 1.79 bits per heavy atom. The fraction of sp³-hybridized carbons (Fsp3) is 0.500. The number of aliphatic hydroxyl groups excluding tert-OH is 1. The van der Waals surface area contributed by atoms with E-state index >= 15 is 0 Å². The molecule has 3 fully saturated rings. The van der Waals surface area contributed by atoms with Crippen LogP contribution in [0, 0.1) is 23.7 Å². The molecule has 0 aromatic heterocycles. The van der Waals surface area contributed by atoms with E-state index in [-0.39, 0.29) is 30.3 Å².